The lowest BCUT2D eigenvalue weighted by Gasteiger charge is -2.27. The van der Waals surface area contributed by atoms with E-state index in [-0.39, 0.29) is 12.5 Å². The molecule has 2 fully saturated rings. The summed E-state index contributed by atoms with van der Waals surface area (Å²) in [5.74, 6) is 0.0691. The predicted octanol–water partition coefficient (Wildman–Crippen LogP) is 2.48. The number of unbranched alkanes of at least 4 members (excludes halogenated alkanes) is 1. The number of allylic oxidation sites excluding steroid dienone is 2. The minimum absolute atomic E-state index is 0.226. The first kappa shape index (κ1) is 19.1. The highest BCUT2D eigenvalue weighted by molar-refractivity contribution is 7.80. The second kappa shape index (κ2) is 9.96. The Labute approximate surface area is 148 Å². The summed E-state index contributed by atoms with van der Waals surface area (Å²) in [6.45, 7) is 0.906. The zero-order valence-electron chi connectivity index (χ0n) is 14.1. The second-order valence-electron chi connectivity index (χ2n) is 6.32. The van der Waals surface area contributed by atoms with Crippen molar-refractivity contribution in [1.82, 2.24) is 5.32 Å². The molecule has 2 bridgehead atoms. The van der Waals surface area contributed by atoms with Gasteiger partial charge in [-0.25, -0.2) is 0 Å². The molecule has 7 heteroatoms. The number of rotatable bonds is 10. The molecular weight excluding hydrogens is 330 g/mol. The first-order valence-corrected chi connectivity index (χ1v) is 8.94. The van der Waals surface area contributed by atoms with E-state index in [2.05, 4.69) is 17.5 Å². The van der Waals surface area contributed by atoms with Crippen molar-refractivity contribution in [2.45, 2.75) is 50.7 Å². The maximum atomic E-state index is 10.5. The van der Waals surface area contributed by atoms with Gasteiger partial charge in [0.05, 0.1) is 18.8 Å². The van der Waals surface area contributed by atoms with Crippen LogP contribution in [0.15, 0.2) is 12.2 Å². The minimum atomic E-state index is -0.736. The maximum absolute atomic E-state index is 10.5. The van der Waals surface area contributed by atoms with Crippen molar-refractivity contribution in [2.24, 2.45) is 11.8 Å². The Kier molecular flexibility index (Phi) is 7.94. The van der Waals surface area contributed by atoms with E-state index in [0.29, 0.717) is 42.9 Å². The molecule has 24 heavy (non-hydrogen) atoms. The molecule has 2 saturated heterocycles. The van der Waals surface area contributed by atoms with Gasteiger partial charge in [-0.2, -0.15) is 0 Å². The molecule has 0 unspecified atom stereocenters. The molecule has 0 aliphatic carbocycles. The molecule has 0 saturated carbocycles. The summed E-state index contributed by atoms with van der Waals surface area (Å²) in [5.41, 5.74) is 0. The summed E-state index contributed by atoms with van der Waals surface area (Å²) in [6.07, 6.45) is 9.69. The van der Waals surface area contributed by atoms with Gasteiger partial charge in [0.15, 0.2) is 0 Å². The van der Waals surface area contributed by atoms with E-state index in [1.54, 1.807) is 7.11 Å². The van der Waals surface area contributed by atoms with Crippen LogP contribution in [0.2, 0.25) is 0 Å². The van der Waals surface area contributed by atoms with Crippen LogP contribution < -0.4 is 5.32 Å². The molecule has 2 heterocycles. The summed E-state index contributed by atoms with van der Waals surface area (Å²) < 4.78 is 16.6. The zero-order valence-corrected chi connectivity index (χ0v) is 14.9. The Morgan fingerprint density at radius 1 is 1.33 bits per heavy atom. The number of carboxylic acid groups (broad SMARTS) is 1. The quantitative estimate of drug-likeness (QED) is 0.269. The fourth-order valence-corrected chi connectivity index (χ4v) is 3.65. The lowest BCUT2D eigenvalue weighted by atomic mass is 9.78. The van der Waals surface area contributed by atoms with E-state index in [9.17, 15) is 4.79 Å². The fraction of sp³-hybridized carbons (Fsp3) is 0.765. The number of methoxy groups -OCH3 is 1. The number of hydrogen-bond donors (Lipinski definition) is 2. The van der Waals surface area contributed by atoms with Crippen molar-refractivity contribution in [3.63, 3.8) is 0 Å². The number of nitrogens with one attached hydrogen (secondary N) is 1. The van der Waals surface area contributed by atoms with E-state index in [0.717, 1.165) is 25.7 Å². The Balaban J connectivity index is 1.74. The largest absolute Gasteiger partial charge is 0.481 e. The smallest absolute Gasteiger partial charge is 0.303 e. The lowest BCUT2D eigenvalue weighted by molar-refractivity contribution is -0.137. The predicted molar refractivity (Wildman–Crippen MR) is 93.7 cm³/mol. The SMILES string of the molecule is COCNC(=S)OC[C@@H]1[C@@H](C/C=C\CCCC(=O)O)[C@H]2CC[C@@H]1O2. The lowest BCUT2D eigenvalue weighted by Crippen LogP contribution is -2.34. The van der Waals surface area contributed by atoms with Crippen LogP contribution in [-0.2, 0) is 19.0 Å². The highest BCUT2D eigenvalue weighted by Gasteiger charge is 2.48. The molecule has 2 rings (SSSR count). The highest BCUT2D eigenvalue weighted by atomic mass is 32.1. The van der Waals surface area contributed by atoms with Crippen LogP contribution in [0.1, 0.15) is 38.5 Å². The minimum Gasteiger partial charge on any atom is -0.481 e. The Hall–Kier alpha value is -1.18. The zero-order chi connectivity index (χ0) is 17.4. The van der Waals surface area contributed by atoms with Crippen molar-refractivity contribution < 1.29 is 24.1 Å². The van der Waals surface area contributed by atoms with Gasteiger partial charge in [0.1, 0.15) is 6.73 Å². The van der Waals surface area contributed by atoms with Crippen LogP contribution in [0.4, 0.5) is 0 Å². The van der Waals surface area contributed by atoms with Crippen LogP contribution in [-0.4, -0.2) is 48.9 Å². The maximum Gasteiger partial charge on any atom is 0.303 e. The van der Waals surface area contributed by atoms with Crippen molar-refractivity contribution in [1.29, 1.82) is 0 Å². The number of hydrogen-bond acceptors (Lipinski definition) is 5. The summed E-state index contributed by atoms with van der Waals surface area (Å²) >= 11 is 5.12. The summed E-state index contributed by atoms with van der Waals surface area (Å²) in [7, 11) is 1.60. The van der Waals surface area contributed by atoms with Gasteiger partial charge in [0.25, 0.3) is 5.17 Å². The standard InChI is InChI=1S/C17H27NO5S/c1-21-11-18-17(24)22-10-13-12(14-8-9-15(13)23-14)6-4-2-3-5-7-16(19)20/h2,4,12-15H,3,5-11H2,1H3,(H,18,24)(H,19,20)/b4-2-/t12-,13-,14-,15+/m1/s1. The van der Waals surface area contributed by atoms with Gasteiger partial charge in [0.2, 0.25) is 0 Å². The summed E-state index contributed by atoms with van der Waals surface area (Å²) in [6, 6.07) is 0. The topological polar surface area (TPSA) is 77.0 Å². The number of aliphatic carboxylic acids is 1. The Bertz CT molecular complexity index is 456. The number of fused-ring (bicyclic) bond motifs is 2. The van der Waals surface area contributed by atoms with Gasteiger partial charge >= 0.3 is 5.97 Å². The molecule has 2 N–H and O–H groups in total. The highest BCUT2D eigenvalue weighted by Crippen LogP contribution is 2.45. The molecule has 136 valence electrons. The van der Waals surface area contributed by atoms with Gasteiger partial charge in [-0.15, -0.1) is 0 Å². The monoisotopic (exact) mass is 357 g/mol. The molecule has 0 aromatic heterocycles. The molecule has 2 aliphatic rings. The van der Waals surface area contributed by atoms with E-state index < -0.39 is 5.97 Å². The third-order valence-electron chi connectivity index (χ3n) is 4.69. The molecule has 0 amide bonds. The molecule has 0 aromatic rings. The van der Waals surface area contributed by atoms with Crippen LogP contribution in [0.25, 0.3) is 0 Å². The van der Waals surface area contributed by atoms with Crippen molar-refractivity contribution in [3.05, 3.63) is 12.2 Å². The Morgan fingerprint density at radius 3 is 2.79 bits per heavy atom. The Morgan fingerprint density at radius 2 is 2.08 bits per heavy atom. The average Bonchev–Trinajstić information content (AvgIpc) is 3.15. The third-order valence-corrected chi connectivity index (χ3v) is 4.96. The molecule has 0 spiro atoms. The fourth-order valence-electron chi connectivity index (χ4n) is 3.52. The number of thiocarbonyl (C=S) groups is 1. The average molecular weight is 357 g/mol. The van der Waals surface area contributed by atoms with Crippen LogP contribution in [0.3, 0.4) is 0 Å². The second-order valence-corrected chi connectivity index (χ2v) is 6.69. The molecule has 2 aliphatic heterocycles. The van der Waals surface area contributed by atoms with Gasteiger partial charge in [-0.1, -0.05) is 12.2 Å². The normalized spacial score (nSPS) is 28.4. The van der Waals surface area contributed by atoms with E-state index in [1.165, 1.54) is 0 Å². The van der Waals surface area contributed by atoms with E-state index in [4.69, 9.17) is 31.5 Å². The third kappa shape index (κ3) is 5.72. The molecule has 4 atom stereocenters. The molecule has 0 radical (unpaired) electrons. The number of carboxylic acids is 1. The molecular formula is C17H27NO5S. The van der Waals surface area contributed by atoms with Crippen molar-refractivity contribution in [2.75, 3.05) is 20.4 Å². The number of ether oxygens (including phenoxy) is 3. The summed E-state index contributed by atoms with van der Waals surface area (Å²) in [4.78, 5) is 10.5. The van der Waals surface area contributed by atoms with Crippen molar-refractivity contribution in [3.8, 4) is 0 Å². The van der Waals surface area contributed by atoms with Crippen LogP contribution in [0, 0.1) is 11.8 Å². The van der Waals surface area contributed by atoms with E-state index in [1.807, 2.05) is 0 Å². The molecule has 6 nitrogen and oxygen atoms in total. The van der Waals surface area contributed by atoms with Gasteiger partial charge in [-0.3, -0.25) is 4.79 Å². The van der Waals surface area contributed by atoms with Gasteiger partial charge in [0, 0.05) is 19.4 Å². The van der Waals surface area contributed by atoms with Gasteiger partial charge in [-0.05, 0) is 50.2 Å². The summed E-state index contributed by atoms with van der Waals surface area (Å²) in [5, 5.41) is 11.9. The van der Waals surface area contributed by atoms with Gasteiger partial charge < -0.3 is 24.6 Å². The van der Waals surface area contributed by atoms with E-state index >= 15 is 0 Å². The number of carbonyl (C=O) groups is 1. The van der Waals surface area contributed by atoms with Crippen molar-refractivity contribution >= 4 is 23.4 Å². The first-order valence-electron chi connectivity index (χ1n) is 8.53. The van der Waals surface area contributed by atoms with Crippen LogP contribution >= 0.6 is 12.2 Å². The molecule has 0 aromatic carbocycles. The van der Waals surface area contributed by atoms with Crippen LogP contribution in [0.5, 0.6) is 0 Å². The first-order chi connectivity index (χ1) is 11.6.